The van der Waals surface area contributed by atoms with Crippen LogP contribution in [0.1, 0.15) is 33.6 Å². The van der Waals surface area contributed by atoms with Gasteiger partial charge in [-0.25, -0.2) is 0 Å². The van der Waals surface area contributed by atoms with Crippen molar-refractivity contribution < 1.29 is 4.79 Å². The van der Waals surface area contributed by atoms with E-state index in [1.165, 1.54) is 0 Å². The highest BCUT2D eigenvalue weighted by molar-refractivity contribution is 5.98. The predicted molar refractivity (Wildman–Crippen MR) is 91.1 cm³/mol. The standard InChI is InChI=1S/C19H19N3O/c1-21-11-15(12-7-5-6-10-16(12)21)18-17(20)13-8-3-4-9-14(13)19(23)22(18)2/h3-11,17-18H,20H2,1-2H3. The molecule has 0 saturated carbocycles. The van der Waals surface area contributed by atoms with Crippen LogP contribution in [0.3, 0.4) is 0 Å². The van der Waals surface area contributed by atoms with E-state index in [1.807, 2.05) is 50.5 Å². The van der Waals surface area contributed by atoms with Crippen molar-refractivity contribution in [3.8, 4) is 0 Å². The second-order valence-electron chi connectivity index (χ2n) is 6.19. The minimum absolute atomic E-state index is 0.0280. The molecule has 0 saturated heterocycles. The van der Waals surface area contributed by atoms with Crippen molar-refractivity contribution in [2.24, 2.45) is 12.8 Å². The van der Waals surface area contributed by atoms with Crippen LogP contribution >= 0.6 is 0 Å². The van der Waals surface area contributed by atoms with Crippen molar-refractivity contribution in [1.82, 2.24) is 9.47 Å². The van der Waals surface area contributed by atoms with E-state index in [0.717, 1.165) is 22.0 Å². The van der Waals surface area contributed by atoms with Crippen molar-refractivity contribution in [2.75, 3.05) is 7.05 Å². The fraction of sp³-hybridized carbons (Fsp3) is 0.211. The smallest absolute Gasteiger partial charge is 0.254 e. The van der Waals surface area contributed by atoms with E-state index < -0.39 is 0 Å². The molecule has 23 heavy (non-hydrogen) atoms. The Labute approximate surface area is 135 Å². The molecule has 4 nitrogen and oxygen atoms in total. The Morgan fingerprint density at radius 2 is 1.65 bits per heavy atom. The first-order valence-electron chi connectivity index (χ1n) is 7.75. The maximum Gasteiger partial charge on any atom is 0.254 e. The largest absolute Gasteiger partial charge is 0.350 e. The SMILES string of the molecule is CN1C(=O)c2ccccc2C(N)C1c1cn(C)c2ccccc12. The zero-order valence-corrected chi connectivity index (χ0v) is 13.2. The monoisotopic (exact) mass is 305 g/mol. The first kappa shape index (κ1) is 14.0. The highest BCUT2D eigenvalue weighted by atomic mass is 16.2. The van der Waals surface area contributed by atoms with Gasteiger partial charge in [0, 0.05) is 42.3 Å². The molecule has 1 aliphatic heterocycles. The Bertz CT molecular complexity index is 912. The second kappa shape index (κ2) is 4.96. The molecule has 116 valence electrons. The molecule has 4 rings (SSSR count). The summed E-state index contributed by atoms with van der Waals surface area (Å²) in [7, 11) is 3.86. The molecule has 0 bridgehead atoms. The van der Waals surface area contributed by atoms with Gasteiger partial charge in [0.25, 0.3) is 5.91 Å². The number of fused-ring (bicyclic) bond motifs is 2. The predicted octanol–water partition coefficient (Wildman–Crippen LogP) is 3.01. The van der Waals surface area contributed by atoms with Crippen LogP contribution in [0.4, 0.5) is 0 Å². The molecule has 2 aromatic carbocycles. The number of hydrogen-bond acceptors (Lipinski definition) is 2. The van der Waals surface area contributed by atoms with Gasteiger partial charge in [-0.05, 0) is 17.7 Å². The van der Waals surface area contributed by atoms with Gasteiger partial charge in [0.1, 0.15) is 0 Å². The number of para-hydroxylation sites is 1. The zero-order chi connectivity index (χ0) is 16.1. The third-order valence-corrected chi connectivity index (χ3v) is 4.87. The van der Waals surface area contributed by atoms with E-state index in [-0.39, 0.29) is 18.0 Å². The maximum absolute atomic E-state index is 12.8. The van der Waals surface area contributed by atoms with Gasteiger partial charge in [0.15, 0.2) is 0 Å². The van der Waals surface area contributed by atoms with Gasteiger partial charge < -0.3 is 15.2 Å². The molecule has 1 aromatic heterocycles. The van der Waals surface area contributed by atoms with Crippen LogP contribution < -0.4 is 5.73 Å². The first-order chi connectivity index (χ1) is 11.1. The van der Waals surface area contributed by atoms with Gasteiger partial charge in [-0.1, -0.05) is 36.4 Å². The summed E-state index contributed by atoms with van der Waals surface area (Å²) in [4.78, 5) is 14.5. The van der Waals surface area contributed by atoms with Crippen LogP contribution in [0.25, 0.3) is 10.9 Å². The number of benzene rings is 2. The molecule has 3 aromatic rings. The number of hydrogen-bond donors (Lipinski definition) is 1. The van der Waals surface area contributed by atoms with Gasteiger partial charge in [-0.3, -0.25) is 4.79 Å². The molecule has 2 unspecified atom stereocenters. The number of aryl methyl sites for hydroxylation is 1. The Hall–Kier alpha value is -2.59. The van der Waals surface area contributed by atoms with E-state index in [4.69, 9.17) is 5.73 Å². The normalized spacial score (nSPS) is 20.8. The van der Waals surface area contributed by atoms with E-state index in [1.54, 1.807) is 4.90 Å². The molecular weight excluding hydrogens is 286 g/mol. The molecule has 0 aliphatic carbocycles. The Morgan fingerprint density at radius 1 is 0.957 bits per heavy atom. The summed E-state index contributed by atoms with van der Waals surface area (Å²) in [5, 5.41) is 1.15. The van der Waals surface area contributed by atoms with Crippen LogP contribution in [-0.4, -0.2) is 22.4 Å². The minimum atomic E-state index is -0.236. The van der Waals surface area contributed by atoms with E-state index in [2.05, 4.69) is 22.9 Å². The van der Waals surface area contributed by atoms with Crippen molar-refractivity contribution in [3.63, 3.8) is 0 Å². The third-order valence-electron chi connectivity index (χ3n) is 4.87. The van der Waals surface area contributed by atoms with Gasteiger partial charge in [-0.15, -0.1) is 0 Å². The van der Waals surface area contributed by atoms with Crippen molar-refractivity contribution in [2.45, 2.75) is 12.1 Å². The zero-order valence-electron chi connectivity index (χ0n) is 13.2. The third kappa shape index (κ3) is 1.92. The highest BCUT2D eigenvalue weighted by Crippen LogP contribution is 2.41. The number of amides is 1. The Kier molecular flexibility index (Phi) is 3.03. The van der Waals surface area contributed by atoms with Gasteiger partial charge in [-0.2, -0.15) is 0 Å². The maximum atomic E-state index is 12.8. The quantitative estimate of drug-likeness (QED) is 0.751. The van der Waals surface area contributed by atoms with E-state index >= 15 is 0 Å². The number of nitrogens with two attached hydrogens (primary N) is 1. The van der Waals surface area contributed by atoms with Crippen LogP contribution in [0, 0.1) is 0 Å². The molecule has 1 amide bonds. The lowest BCUT2D eigenvalue weighted by Crippen LogP contribution is -2.42. The highest BCUT2D eigenvalue weighted by Gasteiger charge is 2.37. The topological polar surface area (TPSA) is 51.3 Å². The molecular formula is C19H19N3O. The second-order valence-corrected chi connectivity index (χ2v) is 6.19. The lowest BCUT2D eigenvalue weighted by Gasteiger charge is -2.38. The molecule has 0 spiro atoms. The van der Waals surface area contributed by atoms with E-state index in [9.17, 15) is 4.79 Å². The number of aromatic nitrogens is 1. The summed E-state index contributed by atoms with van der Waals surface area (Å²) in [6.07, 6.45) is 2.09. The van der Waals surface area contributed by atoms with Crippen LogP contribution in [0.5, 0.6) is 0 Å². The Balaban J connectivity index is 1.93. The molecule has 0 radical (unpaired) electrons. The van der Waals surface area contributed by atoms with Gasteiger partial charge >= 0.3 is 0 Å². The number of carbonyl (C=O) groups excluding carboxylic acids is 1. The van der Waals surface area contributed by atoms with E-state index in [0.29, 0.717) is 5.56 Å². The molecule has 1 aliphatic rings. The van der Waals surface area contributed by atoms with Crippen LogP contribution in [0.2, 0.25) is 0 Å². The van der Waals surface area contributed by atoms with Crippen molar-refractivity contribution in [1.29, 1.82) is 0 Å². The molecule has 2 N–H and O–H groups in total. The molecule has 0 fully saturated rings. The van der Waals surface area contributed by atoms with Crippen LogP contribution in [0.15, 0.2) is 54.7 Å². The minimum Gasteiger partial charge on any atom is -0.350 e. The first-order valence-corrected chi connectivity index (χ1v) is 7.75. The number of carbonyl (C=O) groups is 1. The summed E-state index contributed by atoms with van der Waals surface area (Å²) < 4.78 is 2.09. The molecule has 4 heteroatoms. The van der Waals surface area contributed by atoms with Crippen molar-refractivity contribution >= 4 is 16.8 Å². The average molecular weight is 305 g/mol. The average Bonchev–Trinajstić information content (AvgIpc) is 2.90. The lowest BCUT2D eigenvalue weighted by molar-refractivity contribution is 0.0675. The lowest BCUT2D eigenvalue weighted by atomic mass is 9.86. The summed E-state index contributed by atoms with van der Waals surface area (Å²) >= 11 is 0. The summed E-state index contributed by atoms with van der Waals surface area (Å²) in [5.41, 5.74) is 10.5. The summed E-state index contributed by atoms with van der Waals surface area (Å²) in [6, 6.07) is 15.5. The van der Waals surface area contributed by atoms with Gasteiger partial charge in [0.05, 0.1) is 12.1 Å². The summed E-state index contributed by atoms with van der Waals surface area (Å²) in [5.74, 6) is 0.0280. The molecule has 2 atom stereocenters. The Morgan fingerprint density at radius 3 is 2.48 bits per heavy atom. The van der Waals surface area contributed by atoms with Crippen molar-refractivity contribution in [3.05, 3.63) is 71.4 Å². The fourth-order valence-electron chi connectivity index (χ4n) is 3.72. The van der Waals surface area contributed by atoms with Gasteiger partial charge in [0.2, 0.25) is 0 Å². The molecule has 2 heterocycles. The van der Waals surface area contributed by atoms with Crippen LogP contribution in [-0.2, 0) is 7.05 Å². The number of nitrogens with zero attached hydrogens (tertiary/aromatic N) is 2. The summed E-state index contributed by atoms with van der Waals surface area (Å²) in [6.45, 7) is 0. The number of rotatable bonds is 1. The number of likely N-dealkylation sites (N-methyl/N-ethyl adjacent to an activating group) is 1. The fourth-order valence-corrected chi connectivity index (χ4v) is 3.72.